The zero-order valence-corrected chi connectivity index (χ0v) is 9.23. The molecule has 1 aromatic carbocycles. The van der Waals surface area contributed by atoms with Crippen LogP contribution in [0, 0.1) is 0 Å². The summed E-state index contributed by atoms with van der Waals surface area (Å²) in [5.41, 5.74) is 0. The Labute approximate surface area is 81.1 Å². The summed E-state index contributed by atoms with van der Waals surface area (Å²) in [5.74, 6) is 0.723. The minimum atomic E-state index is 0.239. The van der Waals surface area contributed by atoms with E-state index in [0.29, 0.717) is 0 Å². The summed E-state index contributed by atoms with van der Waals surface area (Å²) in [6.45, 7) is 4.40. The molecule has 0 saturated heterocycles. The lowest BCUT2D eigenvalue weighted by atomic mass is 10.2. The normalized spacial score (nSPS) is 12.6. The van der Waals surface area contributed by atoms with E-state index in [2.05, 4.69) is 38.1 Å². The van der Waals surface area contributed by atoms with Crippen molar-refractivity contribution in [2.24, 2.45) is 0 Å². The first-order chi connectivity index (χ1) is 5.64. The van der Waals surface area contributed by atoms with Crippen molar-refractivity contribution in [3.8, 4) is 0 Å². The summed E-state index contributed by atoms with van der Waals surface area (Å²) in [4.78, 5) is 0. The fourth-order valence-corrected chi connectivity index (χ4v) is 2.35. The van der Waals surface area contributed by atoms with Gasteiger partial charge in [-0.1, -0.05) is 52.8 Å². The molecule has 0 aliphatic rings. The predicted octanol–water partition coefficient (Wildman–Crippen LogP) is 3.01. The van der Waals surface area contributed by atoms with Crippen LogP contribution < -0.4 is 5.30 Å². The Morgan fingerprint density at radius 2 is 1.83 bits per heavy atom. The van der Waals surface area contributed by atoms with Gasteiger partial charge in [0.1, 0.15) is 0 Å². The van der Waals surface area contributed by atoms with Crippen LogP contribution >= 0.6 is 20.2 Å². The minimum Gasteiger partial charge on any atom is -0.126 e. The van der Waals surface area contributed by atoms with Crippen molar-refractivity contribution >= 4 is 25.5 Å². The van der Waals surface area contributed by atoms with Crippen molar-refractivity contribution in [1.29, 1.82) is 0 Å². The van der Waals surface area contributed by atoms with Crippen LogP contribution in [-0.4, -0.2) is 11.0 Å². The van der Waals surface area contributed by atoms with Crippen LogP contribution in [0.15, 0.2) is 30.3 Å². The van der Waals surface area contributed by atoms with Gasteiger partial charge < -0.3 is 0 Å². The molecular formula is C10H14ClP. The van der Waals surface area contributed by atoms with Crippen LogP contribution in [0.25, 0.3) is 0 Å². The highest BCUT2D eigenvalue weighted by molar-refractivity contribution is 7.49. The van der Waals surface area contributed by atoms with Crippen molar-refractivity contribution in [3.05, 3.63) is 30.3 Å². The van der Waals surface area contributed by atoms with Gasteiger partial charge >= 0.3 is 0 Å². The number of hydrogen-bond donors (Lipinski definition) is 0. The van der Waals surface area contributed by atoms with E-state index in [1.807, 2.05) is 6.07 Å². The van der Waals surface area contributed by atoms with Gasteiger partial charge in [-0.05, 0) is 10.5 Å². The third-order valence-corrected chi connectivity index (χ3v) is 3.96. The molecule has 0 fully saturated rings. The lowest BCUT2D eigenvalue weighted by Crippen LogP contribution is -2.18. The maximum absolute atomic E-state index is 5.85. The third-order valence-electron chi connectivity index (χ3n) is 1.59. The molecule has 0 N–H and O–H groups in total. The van der Waals surface area contributed by atoms with Gasteiger partial charge in [0.15, 0.2) is 0 Å². The highest BCUT2D eigenvalue weighted by Gasteiger charge is 2.16. The Kier molecular flexibility index (Phi) is 3.55. The van der Waals surface area contributed by atoms with Gasteiger partial charge in [-0.3, -0.25) is 0 Å². The number of alkyl halides is 1. The Morgan fingerprint density at radius 3 is 2.33 bits per heavy atom. The van der Waals surface area contributed by atoms with Crippen molar-refractivity contribution in [2.75, 3.05) is 5.88 Å². The summed E-state index contributed by atoms with van der Waals surface area (Å²) in [7, 11) is 0.799. The first-order valence-electron chi connectivity index (χ1n) is 4.03. The topological polar surface area (TPSA) is 0 Å². The molecular weight excluding hydrogens is 187 g/mol. The van der Waals surface area contributed by atoms with E-state index in [9.17, 15) is 0 Å². The van der Waals surface area contributed by atoms with Crippen molar-refractivity contribution in [3.63, 3.8) is 0 Å². The SMILES string of the molecule is CC(C)(CCl)Pc1ccccc1. The molecule has 2 heteroatoms. The average Bonchev–Trinajstić information content (AvgIpc) is 2.06. The molecule has 12 heavy (non-hydrogen) atoms. The maximum atomic E-state index is 5.85. The van der Waals surface area contributed by atoms with Crippen molar-refractivity contribution < 1.29 is 0 Å². The first kappa shape index (κ1) is 10.0. The molecule has 1 aromatic rings. The summed E-state index contributed by atoms with van der Waals surface area (Å²) >= 11 is 5.85. The molecule has 0 bridgehead atoms. The van der Waals surface area contributed by atoms with E-state index in [0.717, 1.165) is 14.5 Å². The smallest absolute Gasteiger partial charge is 0.0314 e. The van der Waals surface area contributed by atoms with E-state index >= 15 is 0 Å². The molecule has 0 amide bonds. The van der Waals surface area contributed by atoms with Crippen LogP contribution in [0.1, 0.15) is 13.8 Å². The predicted molar refractivity (Wildman–Crippen MR) is 59.2 cm³/mol. The summed E-state index contributed by atoms with van der Waals surface area (Å²) < 4.78 is 0. The molecule has 0 nitrogen and oxygen atoms in total. The van der Waals surface area contributed by atoms with E-state index in [4.69, 9.17) is 11.6 Å². The van der Waals surface area contributed by atoms with Crippen molar-refractivity contribution in [1.82, 2.24) is 0 Å². The molecule has 0 radical (unpaired) electrons. The molecule has 0 aliphatic carbocycles. The van der Waals surface area contributed by atoms with Gasteiger partial charge in [-0.2, -0.15) is 0 Å². The van der Waals surface area contributed by atoms with Gasteiger partial charge in [-0.25, -0.2) is 0 Å². The maximum Gasteiger partial charge on any atom is 0.0314 e. The lowest BCUT2D eigenvalue weighted by Gasteiger charge is -2.21. The van der Waals surface area contributed by atoms with Crippen LogP contribution in [-0.2, 0) is 0 Å². The minimum absolute atomic E-state index is 0.239. The second-order valence-electron chi connectivity index (χ2n) is 3.51. The largest absolute Gasteiger partial charge is 0.126 e. The molecule has 66 valence electrons. The third kappa shape index (κ3) is 3.13. The van der Waals surface area contributed by atoms with E-state index in [-0.39, 0.29) is 5.16 Å². The van der Waals surface area contributed by atoms with Gasteiger partial charge in [0.2, 0.25) is 0 Å². The quantitative estimate of drug-likeness (QED) is 0.520. The van der Waals surface area contributed by atoms with E-state index in [1.54, 1.807) is 0 Å². The van der Waals surface area contributed by atoms with Gasteiger partial charge in [0, 0.05) is 5.88 Å². The fourth-order valence-electron chi connectivity index (χ4n) is 0.946. The fraction of sp³-hybridized carbons (Fsp3) is 0.400. The Morgan fingerprint density at radius 1 is 1.25 bits per heavy atom. The lowest BCUT2D eigenvalue weighted by molar-refractivity contribution is 0.807. The van der Waals surface area contributed by atoms with Crippen molar-refractivity contribution in [2.45, 2.75) is 19.0 Å². The molecule has 0 aromatic heterocycles. The molecule has 0 spiro atoms. The van der Waals surface area contributed by atoms with Crippen LogP contribution in [0.4, 0.5) is 0 Å². The molecule has 1 atom stereocenters. The summed E-state index contributed by atoms with van der Waals surface area (Å²) in [5, 5.41) is 1.63. The first-order valence-corrected chi connectivity index (χ1v) is 5.57. The number of halogens is 1. The monoisotopic (exact) mass is 200 g/mol. The van der Waals surface area contributed by atoms with Crippen LogP contribution in [0.5, 0.6) is 0 Å². The summed E-state index contributed by atoms with van der Waals surface area (Å²) in [6, 6.07) is 10.5. The number of rotatable bonds is 3. The molecule has 1 rings (SSSR count). The standard InChI is InChI=1S/C10H14ClP/c1-10(2,8-11)12-9-6-4-3-5-7-9/h3-7,12H,8H2,1-2H3. The van der Waals surface area contributed by atoms with E-state index < -0.39 is 0 Å². The Balaban J connectivity index is 2.64. The molecule has 1 unspecified atom stereocenters. The van der Waals surface area contributed by atoms with Crippen LogP contribution in [0.2, 0.25) is 0 Å². The van der Waals surface area contributed by atoms with Crippen LogP contribution in [0.3, 0.4) is 0 Å². The molecule has 0 heterocycles. The highest BCUT2D eigenvalue weighted by Crippen LogP contribution is 2.31. The zero-order chi connectivity index (χ0) is 9.03. The Hall–Kier alpha value is -0.0600. The Bertz CT molecular complexity index is 231. The molecule has 0 saturated carbocycles. The molecule has 0 aliphatic heterocycles. The number of benzene rings is 1. The zero-order valence-electron chi connectivity index (χ0n) is 7.47. The number of hydrogen-bond acceptors (Lipinski definition) is 0. The van der Waals surface area contributed by atoms with E-state index in [1.165, 1.54) is 5.30 Å². The average molecular weight is 201 g/mol. The van der Waals surface area contributed by atoms with Gasteiger partial charge in [-0.15, -0.1) is 11.6 Å². The van der Waals surface area contributed by atoms with Gasteiger partial charge in [0.05, 0.1) is 0 Å². The van der Waals surface area contributed by atoms with Gasteiger partial charge in [0.25, 0.3) is 0 Å². The second kappa shape index (κ2) is 4.25. The highest BCUT2D eigenvalue weighted by atomic mass is 35.5. The summed E-state index contributed by atoms with van der Waals surface area (Å²) in [6.07, 6.45) is 0. The second-order valence-corrected chi connectivity index (χ2v) is 5.96.